The Labute approximate surface area is 168 Å². The van der Waals surface area contributed by atoms with Gasteiger partial charge >= 0.3 is 6.03 Å². The third kappa shape index (κ3) is 5.51. The number of urea groups is 1. The minimum absolute atomic E-state index is 0.0297. The summed E-state index contributed by atoms with van der Waals surface area (Å²) in [6.07, 6.45) is 0.206. The lowest BCUT2D eigenvalue weighted by Gasteiger charge is -2.37. The molecule has 1 aliphatic rings. The van der Waals surface area contributed by atoms with Crippen LogP contribution in [-0.4, -0.2) is 49.6 Å². The molecule has 3 amide bonds. The second kappa shape index (κ2) is 9.47. The molecule has 0 bridgehead atoms. The Morgan fingerprint density at radius 3 is 1.90 bits per heavy atom. The normalized spacial score (nSPS) is 14.8. The Bertz CT molecular complexity index is 789. The summed E-state index contributed by atoms with van der Waals surface area (Å²) in [4.78, 5) is 26.0. The van der Waals surface area contributed by atoms with Crippen molar-refractivity contribution in [3.63, 3.8) is 0 Å². The standard InChI is InChI=1S/C21H24F2N4O2/c22-17-5-1-15(2-6-17)20(16-3-7-18(23)8-4-16)27-13-11-26(12-14-27)19(28)9-10-25-21(24)29/h1-8,20H,9-14H2,(H3,24,25,29)/p+1. The van der Waals surface area contributed by atoms with Gasteiger partial charge in [-0.05, 0) is 48.5 Å². The zero-order valence-electron chi connectivity index (χ0n) is 16.0. The van der Waals surface area contributed by atoms with Crippen LogP contribution in [0, 0.1) is 11.6 Å². The molecule has 0 spiro atoms. The molecule has 29 heavy (non-hydrogen) atoms. The molecule has 8 heteroatoms. The van der Waals surface area contributed by atoms with Gasteiger partial charge < -0.3 is 20.9 Å². The number of piperazine rings is 1. The number of carbonyl (C=O) groups is 2. The quantitative estimate of drug-likeness (QED) is 0.668. The summed E-state index contributed by atoms with van der Waals surface area (Å²) in [5, 5.41) is 2.42. The van der Waals surface area contributed by atoms with E-state index in [1.54, 1.807) is 29.2 Å². The van der Waals surface area contributed by atoms with Gasteiger partial charge in [0.1, 0.15) is 17.7 Å². The number of amides is 3. The summed E-state index contributed by atoms with van der Waals surface area (Å²) in [6.45, 7) is 2.77. The van der Waals surface area contributed by atoms with Gasteiger partial charge in [0.15, 0.2) is 0 Å². The molecule has 1 saturated heterocycles. The van der Waals surface area contributed by atoms with Crippen molar-refractivity contribution in [3.05, 3.63) is 71.3 Å². The van der Waals surface area contributed by atoms with E-state index in [0.717, 1.165) is 11.1 Å². The van der Waals surface area contributed by atoms with E-state index in [2.05, 4.69) is 5.32 Å². The number of halogens is 2. The molecule has 1 aliphatic heterocycles. The van der Waals surface area contributed by atoms with E-state index in [1.807, 2.05) is 0 Å². The van der Waals surface area contributed by atoms with E-state index < -0.39 is 6.03 Å². The molecule has 0 unspecified atom stereocenters. The van der Waals surface area contributed by atoms with E-state index in [4.69, 9.17) is 5.73 Å². The minimum Gasteiger partial charge on any atom is -0.352 e. The van der Waals surface area contributed by atoms with Crippen molar-refractivity contribution < 1.29 is 23.3 Å². The zero-order chi connectivity index (χ0) is 20.8. The fraction of sp³-hybridized carbons (Fsp3) is 0.333. The summed E-state index contributed by atoms with van der Waals surface area (Å²) < 4.78 is 26.8. The number of hydrogen-bond donors (Lipinski definition) is 3. The number of quaternary nitrogens is 1. The molecule has 6 nitrogen and oxygen atoms in total. The lowest BCUT2D eigenvalue weighted by atomic mass is 9.96. The van der Waals surface area contributed by atoms with Crippen molar-refractivity contribution in [3.8, 4) is 0 Å². The first-order chi connectivity index (χ1) is 13.9. The van der Waals surface area contributed by atoms with Crippen molar-refractivity contribution in [2.45, 2.75) is 12.5 Å². The van der Waals surface area contributed by atoms with Gasteiger partial charge in [0.25, 0.3) is 0 Å². The van der Waals surface area contributed by atoms with Crippen LogP contribution in [0.3, 0.4) is 0 Å². The number of rotatable bonds is 6. The number of hydrogen-bond acceptors (Lipinski definition) is 2. The number of nitrogens with two attached hydrogens (primary N) is 1. The van der Waals surface area contributed by atoms with E-state index >= 15 is 0 Å². The monoisotopic (exact) mass is 403 g/mol. The smallest absolute Gasteiger partial charge is 0.312 e. The fourth-order valence-electron chi connectivity index (χ4n) is 3.76. The Hall–Kier alpha value is -3.00. The van der Waals surface area contributed by atoms with Gasteiger partial charge in [0.05, 0.1) is 26.2 Å². The molecule has 0 aliphatic carbocycles. The topological polar surface area (TPSA) is 79.9 Å². The van der Waals surface area contributed by atoms with Gasteiger partial charge in [0.2, 0.25) is 5.91 Å². The van der Waals surface area contributed by atoms with Gasteiger partial charge in [0, 0.05) is 24.1 Å². The summed E-state index contributed by atoms with van der Waals surface area (Å²) in [7, 11) is 0. The molecule has 0 radical (unpaired) electrons. The van der Waals surface area contributed by atoms with Crippen LogP contribution < -0.4 is 16.0 Å². The first-order valence-corrected chi connectivity index (χ1v) is 9.60. The second-order valence-electron chi connectivity index (χ2n) is 7.12. The maximum Gasteiger partial charge on any atom is 0.312 e. The highest BCUT2D eigenvalue weighted by molar-refractivity contribution is 5.77. The van der Waals surface area contributed by atoms with Gasteiger partial charge in [-0.3, -0.25) is 4.79 Å². The SMILES string of the molecule is NC(=O)NCCC(=O)N1CC[NH+](C(c2ccc(F)cc2)c2ccc(F)cc2)CC1. The summed E-state index contributed by atoms with van der Waals surface area (Å²) in [5.74, 6) is -0.638. The first-order valence-electron chi connectivity index (χ1n) is 9.60. The molecular weight excluding hydrogens is 378 g/mol. The van der Waals surface area contributed by atoms with E-state index in [9.17, 15) is 18.4 Å². The highest BCUT2D eigenvalue weighted by atomic mass is 19.1. The van der Waals surface area contributed by atoms with E-state index in [-0.39, 0.29) is 36.5 Å². The van der Waals surface area contributed by atoms with Crippen LogP contribution in [0.4, 0.5) is 13.6 Å². The van der Waals surface area contributed by atoms with E-state index in [0.29, 0.717) is 26.2 Å². The number of benzene rings is 2. The molecule has 0 aromatic heterocycles. The van der Waals surface area contributed by atoms with Crippen molar-refractivity contribution >= 4 is 11.9 Å². The Morgan fingerprint density at radius 1 is 0.966 bits per heavy atom. The highest BCUT2D eigenvalue weighted by Gasteiger charge is 2.31. The van der Waals surface area contributed by atoms with Gasteiger partial charge in [-0.15, -0.1) is 0 Å². The van der Waals surface area contributed by atoms with Crippen LogP contribution in [-0.2, 0) is 4.79 Å². The number of nitrogens with zero attached hydrogens (tertiary/aromatic N) is 1. The Balaban J connectivity index is 1.70. The Morgan fingerprint density at radius 2 is 1.45 bits per heavy atom. The molecule has 2 aromatic carbocycles. The third-order valence-electron chi connectivity index (χ3n) is 5.21. The molecule has 4 N–H and O–H groups in total. The van der Waals surface area contributed by atoms with Gasteiger partial charge in [-0.2, -0.15) is 0 Å². The lowest BCUT2D eigenvalue weighted by molar-refractivity contribution is -0.929. The highest BCUT2D eigenvalue weighted by Crippen LogP contribution is 2.20. The maximum absolute atomic E-state index is 13.4. The molecule has 2 aromatic rings. The molecule has 0 atom stereocenters. The number of primary amides is 1. The lowest BCUT2D eigenvalue weighted by Crippen LogP contribution is -3.15. The molecular formula is C21H25F2N4O2+. The van der Waals surface area contributed by atoms with Crippen LogP contribution in [0.15, 0.2) is 48.5 Å². The fourth-order valence-corrected chi connectivity index (χ4v) is 3.76. The number of carbonyl (C=O) groups excluding carboxylic acids is 2. The molecule has 0 saturated carbocycles. The van der Waals surface area contributed by atoms with E-state index in [1.165, 1.54) is 29.2 Å². The van der Waals surface area contributed by atoms with Crippen LogP contribution in [0.25, 0.3) is 0 Å². The maximum atomic E-state index is 13.4. The van der Waals surface area contributed by atoms with Crippen LogP contribution >= 0.6 is 0 Å². The zero-order valence-corrected chi connectivity index (χ0v) is 16.0. The van der Waals surface area contributed by atoms with Gasteiger partial charge in [-0.25, -0.2) is 13.6 Å². The first kappa shape index (κ1) is 20.7. The molecule has 1 heterocycles. The van der Waals surface area contributed by atoms with Crippen molar-refractivity contribution in [2.24, 2.45) is 5.73 Å². The molecule has 154 valence electrons. The summed E-state index contributed by atoms with van der Waals surface area (Å²) >= 11 is 0. The predicted octanol–water partition coefficient (Wildman–Crippen LogP) is 0.840. The van der Waals surface area contributed by atoms with Crippen molar-refractivity contribution in [1.29, 1.82) is 0 Å². The van der Waals surface area contributed by atoms with Gasteiger partial charge in [-0.1, -0.05) is 0 Å². The third-order valence-corrected chi connectivity index (χ3v) is 5.21. The average Bonchev–Trinajstić information content (AvgIpc) is 2.71. The average molecular weight is 403 g/mol. The predicted molar refractivity (Wildman–Crippen MR) is 104 cm³/mol. The Kier molecular flexibility index (Phi) is 6.77. The summed E-state index contributed by atoms with van der Waals surface area (Å²) in [5.41, 5.74) is 6.90. The minimum atomic E-state index is -0.645. The van der Waals surface area contributed by atoms with Crippen molar-refractivity contribution in [1.82, 2.24) is 10.2 Å². The van der Waals surface area contributed by atoms with Crippen LogP contribution in [0.1, 0.15) is 23.6 Å². The molecule has 1 fully saturated rings. The summed E-state index contributed by atoms with van der Waals surface area (Å²) in [6, 6.07) is 12.0. The van der Waals surface area contributed by atoms with Crippen LogP contribution in [0.2, 0.25) is 0 Å². The second-order valence-corrected chi connectivity index (χ2v) is 7.12. The molecule has 3 rings (SSSR count). The largest absolute Gasteiger partial charge is 0.352 e. The van der Waals surface area contributed by atoms with Crippen molar-refractivity contribution in [2.75, 3.05) is 32.7 Å². The number of nitrogens with one attached hydrogen (secondary N) is 2. The van der Waals surface area contributed by atoms with Crippen LogP contribution in [0.5, 0.6) is 0 Å².